The molecule has 1 aromatic carbocycles. The molecule has 0 aromatic heterocycles. The fraction of sp³-hybridized carbons (Fsp3) is 0.455. The van der Waals surface area contributed by atoms with Crippen molar-refractivity contribution < 1.29 is 13.0 Å². The molecule has 0 aliphatic heterocycles. The predicted octanol–water partition coefficient (Wildman–Crippen LogP) is 4.67. The second-order valence-corrected chi connectivity index (χ2v) is 9.23. The van der Waals surface area contributed by atoms with Crippen LogP contribution in [0, 0.1) is 17.3 Å². The average molecular weight is 371 g/mol. The summed E-state index contributed by atoms with van der Waals surface area (Å²) in [5.74, 6) is 6.12. The zero-order valence-corrected chi connectivity index (χ0v) is 16.2. The van der Waals surface area contributed by atoms with E-state index in [1.165, 1.54) is 0 Å². The fourth-order valence-corrected chi connectivity index (χ4v) is 5.67. The lowest BCUT2D eigenvalue weighted by atomic mass is 9.62. The highest BCUT2D eigenvalue weighted by Gasteiger charge is 2.57. The van der Waals surface area contributed by atoms with Gasteiger partial charge in [0.05, 0.1) is 5.41 Å². The molecule has 2 aliphatic carbocycles. The van der Waals surface area contributed by atoms with Gasteiger partial charge in [0, 0.05) is 5.41 Å². The summed E-state index contributed by atoms with van der Waals surface area (Å²) < 4.78 is 34.0. The second kappa shape index (κ2) is 6.72. The van der Waals surface area contributed by atoms with Crippen LogP contribution in [0.3, 0.4) is 0 Å². The molecule has 26 heavy (non-hydrogen) atoms. The highest BCUT2D eigenvalue weighted by atomic mass is 32.2. The maximum absolute atomic E-state index is 12.6. The van der Waals surface area contributed by atoms with E-state index in [-0.39, 0.29) is 0 Å². The summed E-state index contributed by atoms with van der Waals surface area (Å²) in [6.45, 7) is 3.78. The van der Waals surface area contributed by atoms with E-state index in [0.717, 1.165) is 24.8 Å². The summed E-state index contributed by atoms with van der Waals surface area (Å²) in [4.78, 5) is 0. The summed E-state index contributed by atoms with van der Waals surface area (Å²) >= 11 is 0. The van der Waals surface area contributed by atoms with E-state index in [0.29, 0.717) is 12.8 Å². The largest absolute Gasteiger partial charge is 0.285 e. The topological polar surface area (TPSA) is 54.4 Å². The number of rotatable bonds is 3. The first kappa shape index (κ1) is 18.9. The van der Waals surface area contributed by atoms with Crippen LogP contribution in [0.4, 0.5) is 0 Å². The first-order valence-corrected chi connectivity index (χ1v) is 10.6. The Bertz CT molecular complexity index is 862. The standard InChI is InChI=1S/C22H26O3S/c1-3-12-21(13-8-5-9-14-21)22(26(23,24)25)17-15-20(2,16-18-22)19-10-6-4-7-11-19/h4,6-7,10-11,15-18H,5,8-9,13-14H2,1-2H3,(H,23,24,25). The fourth-order valence-electron chi connectivity index (χ4n) is 4.44. The van der Waals surface area contributed by atoms with Crippen molar-refractivity contribution in [2.45, 2.75) is 56.1 Å². The molecule has 138 valence electrons. The van der Waals surface area contributed by atoms with Crippen molar-refractivity contribution in [1.29, 1.82) is 0 Å². The third-order valence-electron chi connectivity index (χ3n) is 6.00. The van der Waals surface area contributed by atoms with Crippen molar-refractivity contribution in [2.75, 3.05) is 0 Å². The maximum atomic E-state index is 12.6. The monoisotopic (exact) mass is 370 g/mol. The van der Waals surface area contributed by atoms with Gasteiger partial charge in [-0.15, -0.1) is 5.92 Å². The van der Waals surface area contributed by atoms with Crippen molar-refractivity contribution in [3.05, 3.63) is 60.2 Å². The molecule has 4 heteroatoms. The van der Waals surface area contributed by atoms with E-state index < -0.39 is 25.7 Å². The predicted molar refractivity (Wildman–Crippen MR) is 105 cm³/mol. The normalized spacial score (nSPS) is 30.4. The molecule has 3 rings (SSSR count). The summed E-state index contributed by atoms with van der Waals surface area (Å²) in [7, 11) is -4.38. The Morgan fingerprint density at radius 1 is 0.962 bits per heavy atom. The minimum atomic E-state index is -4.38. The molecule has 1 aromatic rings. The van der Waals surface area contributed by atoms with Gasteiger partial charge in [-0.25, -0.2) is 0 Å². The van der Waals surface area contributed by atoms with Crippen LogP contribution in [0.2, 0.25) is 0 Å². The molecule has 0 radical (unpaired) electrons. The van der Waals surface area contributed by atoms with Crippen LogP contribution in [-0.4, -0.2) is 17.7 Å². The van der Waals surface area contributed by atoms with Gasteiger partial charge in [0.25, 0.3) is 10.1 Å². The van der Waals surface area contributed by atoms with Gasteiger partial charge < -0.3 is 0 Å². The number of allylic oxidation sites excluding steroid dienone is 2. The molecule has 0 unspecified atom stereocenters. The molecule has 1 fully saturated rings. The Morgan fingerprint density at radius 2 is 1.54 bits per heavy atom. The molecule has 0 saturated heterocycles. The van der Waals surface area contributed by atoms with Crippen LogP contribution >= 0.6 is 0 Å². The van der Waals surface area contributed by atoms with Crippen LogP contribution in [0.25, 0.3) is 0 Å². The molecule has 1 saturated carbocycles. The van der Waals surface area contributed by atoms with Crippen LogP contribution in [0.15, 0.2) is 54.6 Å². The average Bonchev–Trinajstić information content (AvgIpc) is 2.63. The minimum absolute atomic E-state index is 0.412. The van der Waals surface area contributed by atoms with Gasteiger partial charge in [0.2, 0.25) is 0 Å². The van der Waals surface area contributed by atoms with E-state index in [9.17, 15) is 13.0 Å². The Kier molecular flexibility index (Phi) is 4.90. The molecular weight excluding hydrogens is 344 g/mol. The van der Waals surface area contributed by atoms with Crippen molar-refractivity contribution in [1.82, 2.24) is 0 Å². The molecule has 2 aliphatic rings. The summed E-state index contributed by atoms with van der Waals surface area (Å²) in [6, 6.07) is 9.95. The van der Waals surface area contributed by atoms with Gasteiger partial charge >= 0.3 is 0 Å². The Hall–Kier alpha value is -1.83. The maximum Gasteiger partial charge on any atom is 0.279 e. The van der Waals surface area contributed by atoms with Crippen LogP contribution in [0.1, 0.15) is 51.5 Å². The molecule has 1 N–H and O–H groups in total. The Morgan fingerprint density at radius 3 is 2.04 bits per heavy atom. The minimum Gasteiger partial charge on any atom is -0.285 e. The lowest BCUT2D eigenvalue weighted by Crippen LogP contribution is -2.53. The highest BCUT2D eigenvalue weighted by molar-refractivity contribution is 7.87. The Labute approximate surface area is 157 Å². The Balaban J connectivity index is 2.14. The third-order valence-corrected chi connectivity index (χ3v) is 7.51. The van der Waals surface area contributed by atoms with Crippen LogP contribution in [0.5, 0.6) is 0 Å². The zero-order chi connectivity index (χ0) is 18.9. The van der Waals surface area contributed by atoms with Gasteiger partial charge in [-0.3, -0.25) is 4.55 Å². The summed E-state index contributed by atoms with van der Waals surface area (Å²) in [5, 5.41) is 0. The molecule has 0 bridgehead atoms. The second-order valence-electron chi connectivity index (χ2n) is 7.60. The lowest BCUT2D eigenvalue weighted by molar-refractivity contribution is 0.231. The first-order valence-electron chi connectivity index (χ1n) is 9.16. The lowest BCUT2D eigenvalue weighted by Gasteiger charge is -2.46. The SMILES string of the molecule is CC#CC1(C2(S(=O)(=O)O)C=CC(C)(c3ccccc3)C=C2)CCCCC1. The van der Waals surface area contributed by atoms with Crippen LogP contribution < -0.4 is 0 Å². The van der Waals surface area contributed by atoms with Gasteiger partial charge in [-0.1, -0.05) is 79.8 Å². The number of hydrogen-bond acceptors (Lipinski definition) is 2. The zero-order valence-electron chi connectivity index (χ0n) is 15.4. The van der Waals surface area contributed by atoms with Gasteiger partial charge in [0.1, 0.15) is 4.75 Å². The van der Waals surface area contributed by atoms with E-state index in [1.54, 1.807) is 19.1 Å². The van der Waals surface area contributed by atoms with Crippen molar-refractivity contribution in [3.63, 3.8) is 0 Å². The molecule has 0 spiro atoms. The molecule has 0 heterocycles. The first-order chi connectivity index (χ1) is 12.3. The third kappa shape index (κ3) is 2.94. The number of hydrogen-bond donors (Lipinski definition) is 1. The summed E-state index contributed by atoms with van der Waals surface area (Å²) in [6.07, 6.45) is 11.4. The molecule has 0 atom stereocenters. The van der Waals surface area contributed by atoms with E-state index in [1.807, 2.05) is 49.4 Å². The van der Waals surface area contributed by atoms with Crippen molar-refractivity contribution >= 4 is 10.1 Å². The van der Waals surface area contributed by atoms with Crippen LogP contribution in [-0.2, 0) is 15.5 Å². The summed E-state index contributed by atoms with van der Waals surface area (Å²) in [5.41, 5.74) is -0.112. The van der Waals surface area contributed by atoms with Gasteiger partial charge in [-0.05, 0) is 32.3 Å². The van der Waals surface area contributed by atoms with E-state index in [4.69, 9.17) is 0 Å². The molecule has 3 nitrogen and oxygen atoms in total. The van der Waals surface area contributed by atoms with Crippen molar-refractivity contribution in [2.24, 2.45) is 5.41 Å². The molecular formula is C22H26O3S. The van der Waals surface area contributed by atoms with E-state index in [2.05, 4.69) is 11.8 Å². The smallest absolute Gasteiger partial charge is 0.279 e. The number of benzene rings is 1. The van der Waals surface area contributed by atoms with E-state index >= 15 is 0 Å². The van der Waals surface area contributed by atoms with Crippen molar-refractivity contribution in [3.8, 4) is 11.8 Å². The van der Waals surface area contributed by atoms with Gasteiger partial charge in [0.15, 0.2) is 0 Å². The van der Waals surface area contributed by atoms with Gasteiger partial charge in [-0.2, -0.15) is 8.42 Å². The highest BCUT2D eigenvalue weighted by Crippen LogP contribution is 2.52. The molecule has 0 amide bonds. The quantitative estimate of drug-likeness (QED) is 0.478.